The summed E-state index contributed by atoms with van der Waals surface area (Å²) in [7, 11) is -0.401. The van der Waals surface area contributed by atoms with Gasteiger partial charge in [-0.2, -0.15) is 0 Å². The molecular formula is C21H28BN2O3. The van der Waals surface area contributed by atoms with Crippen LogP contribution >= 0.6 is 0 Å². The number of pyridine rings is 1. The Balaban J connectivity index is 1.55. The summed E-state index contributed by atoms with van der Waals surface area (Å²) >= 11 is 0. The lowest BCUT2D eigenvalue weighted by Crippen LogP contribution is -2.41. The molecule has 2 aromatic rings. The minimum Gasteiger partial charge on any atom is -0.399 e. The van der Waals surface area contributed by atoms with E-state index in [1.54, 1.807) is 5.92 Å². The SMILES string of the molecule is Cc1noc(-c2ccc(B3OC(C)(C)C(C)(C)O3)cn2)c1C[C]1CCCC1. The number of hydrogen-bond donors (Lipinski definition) is 0. The fourth-order valence-corrected chi connectivity index (χ4v) is 3.76. The van der Waals surface area contributed by atoms with Gasteiger partial charge in [0.1, 0.15) is 5.69 Å². The second kappa shape index (κ2) is 6.75. The van der Waals surface area contributed by atoms with E-state index in [0.29, 0.717) is 0 Å². The van der Waals surface area contributed by atoms with Crippen LogP contribution in [-0.2, 0) is 15.7 Å². The van der Waals surface area contributed by atoms with Crippen LogP contribution in [0.5, 0.6) is 0 Å². The summed E-state index contributed by atoms with van der Waals surface area (Å²) in [6, 6.07) is 3.98. The van der Waals surface area contributed by atoms with Crippen LogP contribution in [0.3, 0.4) is 0 Å². The van der Waals surface area contributed by atoms with E-state index in [0.717, 1.165) is 29.0 Å². The number of aromatic nitrogens is 2. The van der Waals surface area contributed by atoms with E-state index in [1.165, 1.54) is 31.2 Å². The highest BCUT2D eigenvalue weighted by Gasteiger charge is 2.51. The third kappa shape index (κ3) is 3.45. The summed E-state index contributed by atoms with van der Waals surface area (Å²) in [4.78, 5) is 4.63. The lowest BCUT2D eigenvalue weighted by atomic mass is 9.80. The van der Waals surface area contributed by atoms with Gasteiger partial charge in [-0.05, 0) is 65.9 Å². The first-order valence-electron chi connectivity index (χ1n) is 9.87. The predicted octanol–water partition coefficient (Wildman–Crippen LogP) is 4.04. The van der Waals surface area contributed by atoms with E-state index >= 15 is 0 Å². The van der Waals surface area contributed by atoms with Crippen molar-refractivity contribution in [2.45, 2.75) is 77.9 Å². The maximum Gasteiger partial charge on any atom is 0.496 e. The van der Waals surface area contributed by atoms with Gasteiger partial charge in [0.25, 0.3) is 0 Å². The molecule has 1 aliphatic heterocycles. The van der Waals surface area contributed by atoms with Crippen LogP contribution in [0.15, 0.2) is 22.9 Å². The van der Waals surface area contributed by atoms with Crippen LogP contribution in [0.4, 0.5) is 0 Å². The van der Waals surface area contributed by atoms with Gasteiger partial charge in [-0.25, -0.2) is 0 Å². The van der Waals surface area contributed by atoms with Gasteiger partial charge >= 0.3 is 7.12 Å². The van der Waals surface area contributed by atoms with Gasteiger partial charge in [0.05, 0.1) is 16.9 Å². The zero-order valence-electron chi connectivity index (χ0n) is 17.0. The molecule has 1 saturated heterocycles. The van der Waals surface area contributed by atoms with E-state index in [9.17, 15) is 0 Å². The average Bonchev–Trinajstić information content (AvgIpc) is 3.29. The van der Waals surface area contributed by atoms with Crippen LogP contribution in [0.1, 0.15) is 64.6 Å². The van der Waals surface area contributed by atoms with Crippen molar-refractivity contribution in [1.82, 2.24) is 10.1 Å². The number of aryl methyl sites for hydroxylation is 1. The second-order valence-electron chi connectivity index (χ2n) is 8.77. The highest BCUT2D eigenvalue weighted by molar-refractivity contribution is 6.62. The van der Waals surface area contributed by atoms with Crippen LogP contribution in [-0.4, -0.2) is 28.5 Å². The number of hydrogen-bond acceptors (Lipinski definition) is 5. The Bertz CT molecular complexity index is 791. The largest absolute Gasteiger partial charge is 0.496 e. The van der Waals surface area contributed by atoms with E-state index in [-0.39, 0.29) is 11.2 Å². The highest BCUT2D eigenvalue weighted by atomic mass is 16.7. The van der Waals surface area contributed by atoms with Crippen molar-refractivity contribution in [3.63, 3.8) is 0 Å². The second-order valence-corrected chi connectivity index (χ2v) is 8.77. The summed E-state index contributed by atoms with van der Waals surface area (Å²) in [5, 5.41) is 4.20. The van der Waals surface area contributed by atoms with Gasteiger partial charge in [0.15, 0.2) is 5.76 Å². The molecule has 1 radical (unpaired) electrons. The van der Waals surface area contributed by atoms with Crippen LogP contribution < -0.4 is 5.46 Å². The van der Waals surface area contributed by atoms with Gasteiger partial charge in [0, 0.05) is 17.2 Å². The van der Waals surface area contributed by atoms with E-state index < -0.39 is 7.12 Å². The van der Waals surface area contributed by atoms with Gasteiger partial charge < -0.3 is 13.8 Å². The third-order valence-corrected chi connectivity index (χ3v) is 6.27. The third-order valence-electron chi connectivity index (χ3n) is 6.27. The van der Waals surface area contributed by atoms with Crippen molar-refractivity contribution < 1.29 is 13.8 Å². The minimum absolute atomic E-state index is 0.357. The van der Waals surface area contributed by atoms with Gasteiger partial charge in [-0.15, -0.1) is 0 Å². The first-order valence-corrected chi connectivity index (χ1v) is 9.87. The average molecular weight is 367 g/mol. The zero-order valence-corrected chi connectivity index (χ0v) is 17.0. The Morgan fingerprint density at radius 1 is 1.04 bits per heavy atom. The first kappa shape index (κ1) is 18.7. The molecule has 0 unspecified atom stereocenters. The van der Waals surface area contributed by atoms with Gasteiger partial charge in [-0.3, -0.25) is 4.98 Å². The standard InChI is InChI=1S/C21H28BN2O3/c1-14-17(12-15-8-6-7-9-15)19(25-24-14)18-11-10-16(13-23-18)22-26-20(2,3)21(4,5)27-22/h10-11,13H,6-9,12H2,1-5H3. The number of rotatable bonds is 4. The molecule has 3 heterocycles. The Kier molecular flexibility index (Phi) is 4.67. The molecule has 0 spiro atoms. The smallest absolute Gasteiger partial charge is 0.399 e. The Morgan fingerprint density at radius 2 is 1.70 bits per heavy atom. The minimum atomic E-state index is -0.401. The molecule has 2 fully saturated rings. The lowest BCUT2D eigenvalue weighted by Gasteiger charge is -2.32. The van der Waals surface area contributed by atoms with Crippen molar-refractivity contribution >= 4 is 12.6 Å². The van der Waals surface area contributed by atoms with Gasteiger partial charge in [-0.1, -0.05) is 24.1 Å². The Labute approximate surface area is 162 Å². The molecular weight excluding hydrogens is 339 g/mol. The summed E-state index contributed by atoms with van der Waals surface area (Å²) in [5.74, 6) is 2.38. The molecule has 1 aliphatic carbocycles. The molecule has 0 bridgehead atoms. The highest BCUT2D eigenvalue weighted by Crippen LogP contribution is 2.37. The van der Waals surface area contributed by atoms with E-state index in [1.807, 2.05) is 25.3 Å². The molecule has 2 aliphatic rings. The van der Waals surface area contributed by atoms with Crippen LogP contribution in [0.2, 0.25) is 0 Å². The molecule has 0 N–H and O–H groups in total. The fraction of sp³-hybridized carbons (Fsp3) is 0.571. The predicted molar refractivity (Wildman–Crippen MR) is 106 cm³/mol. The summed E-state index contributed by atoms with van der Waals surface area (Å²) in [5.41, 5.74) is 3.14. The molecule has 0 aromatic carbocycles. The molecule has 4 rings (SSSR count). The maximum absolute atomic E-state index is 6.11. The van der Waals surface area contributed by atoms with Crippen molar-refractivity contribution in [3.05, 3.63) is 35.5 Å². The molecule has 0 amide bonds. The van der Waals surface area contributed by atoms with Crippen molar-refractivity contribution in [1.29, 1.82) is 0 Å². The lowest BCUT2D eigenvalue weighted by molar-refractivity contribution is 0.00578. The fourth-order valence-electron chi connectivity index (χ4n) is 3.76. The van der Waals surface area contributed by atoms with E-state index in [4.69, 9.17) is 13.8 Å². The molecule has 1 saturated carbocycles. The normalized spacial score (nSPS) is 21.9. The van der Waals surface area contributed by atoms with E-state index in [2.05, 4.69) is 37.8 Å². The molecule has 27 heavy (non-hydrogen) atoms. The Morgan fingerprint density at radius 3 is 2.30 bits per heavy atom. The number of nitrogens with zero attached hydrogens (tertiary/aromatic N) is 2. The zero-order chi connectivity index (χ0) is 19.2. The van der Waals surface area contributed by atoms with Crippen molar-refractivity contribution in [2.24, 2.45) is 0 Å². The van der Waals surface area contributed by atoms with Crippen molar-refractivity contribution in [3.8, 4) is 11.5 Å². The molecule has 0 atom stereocenters. The summed E-state index contributed by atoms with van der Waals surface area (Å²) < 4.78 is 17.9. The van der Waals surface area contributed by atoms with Crippen LogP contribution in [0.25, 0.3) is 11.5 Å². The quantitative estimate of drug-likeness (QED) is 0.764. The topological polar surface area (TPSA) is 57.4 Å². The Hall–Kier alpha value is -1.66. The summed E-state index contributed by atoms with van der Waals surface area (Å²) in [6.45, 7) is 10.2. The maximum atomic E-state index is 6.11. The first-order chi connectivity index (χ1) is 12.8. The molecule has 5 nitrogen and oxygen atoms in total. The van der Waals surface area contributed by atoms with Crippen molar-refractivity contribution in [2.75, 3.05) is 0 Å². The molecule has 6 heteroatoms. The molecule has 143 valence electrons. The monoisotopic (exact) mass is 367 g/mol. The summed E-state index contributed by atoms with van der Waals surface area (Å²) in [6.07, 6.45) is 7.82. The molecule has 2 aromatic heterocycles. The van der Waals surface area contributed by atoms with Crippen LogP contribution in [0, 0.1) is 12.8 Å². The van der Waals surface area contributed by atoms with Gasteiger partial charge in [0.2, 0.25) is 0 Å².